The van der Waals surface area contributed by atoms with Crippen LogP contribution in [0.3, 0.4) is 0 Å². The SMILES string of the molecule is CCn1cc(N)cc1C(=O)N(CCO)C1CCS(=O)(=O)C1. The van der Waals surface area contributed by atoms with Gasteiger partial charge in [-0.25, -0.2) is 8.42 Å². The van der Waals surface area contributed by atoms with Gasteiger partial charge in [-0.1, -0.05) is 0 Å². The number of carbonyl (C=O) groups is 1. The normalized spacial score (nSPS) is 20.6. The largest absolute Gasteiger partial charge is 0.397 e. The standard InChI is InChI=1S/C13H21N3O4S/c1-2-15-8-10(14)7-12(15)13(18)16(4-5-17)11-3-6-21(19,20)9-11/h7-8,11,17H,2-6,9,14H2,1H3. The van der Waals surface area contributed by atoms with Crippen molar-refractivity contribution >= 4 is 21.4 Å². The van der Waals surface area contributed by atoms with E-state index in [-0.39, 0.29) is 36.6 Å². The van der Waals surface area contributed by atoms with Gasteiger partial charge in [-0.15, -0.1) is 0 Å². The van der Waals surface area contributed by atoms with Crippen molar-refractivity contribution in [1.29, 1.82) is 0 Å². The van der Waals surface area contributed by atoms with Gasteiger partial charge in [0.2, 0.25) is 0 Å². The summed E-state index contributed by atoms with van der Waals surface area (Å²) >= 11 is 0. The second kappa shape index (κ2) is 6.07. The summed E-state index contributed by atoms with van der Waals surface area (Å²) in [5.74, 6) is -0.241. The molecule has 0 radical (unpaired) electrons. The molecule has 1 aromatic heterocycles. The van der Waals surface area contributed by atoms with Gasteiger partial charge in [0.25, 0.3) is 5.91 Å². The number of aliphatic hydroxyl groups is 1. The first-order valence-corrected chi connectivity index (χ1v) is 8.78. The number of amides is 1. The van der Waals surface area contributed by atoms with Crippen LogP contribution >= 0.6 is 0 Å². The minimum absolute atomic E-state index is 0.0406. The lowest BCUT2D eigenvalue weighted by atomic mass is 10.2. The molecule has 1 aliphatic rings. The fourth-order valence-corrected chi connectivity index (χ4v) is 4.43. The van der Waals surface area contributed by atoms with E-state index in [4.69, 9.17) is 5.73 Å². The Morgan fingerprint density at radius 1 is 1.57 bits per heavy atom. The summed E-state index contributed by atoms with van der Waals surface area (Å²) < 4.78 is 24.9. The van der Waals surface area contributed by atoms with Gasteiger partial charge in [0.1, 0.15) is 5.69 Å². The Balaban J connectivity index is 2.27. The molecule has 1 amide bonds. The Morgan fingerprint density at radius 2 is 2.29 bits per heavy atom. The van der Waals surface area contributed by atoms with Crippen LogP contribution in [0.5, 0.6) is 0 Å². The average molecular weight is 315 g/mol. The average Bonchev–Trinajstić information content (AvgIpc) is 2.97. The van der Waals surface area contributed by atoms with E-state index in [9.17, 15) is 18.3 Å². The molecule has 1 saturated heterocycles. The molecule has 8 heteroatoms. The van der Waals surface area contributed by atoms with Crippen LogP contribution < -0.4 is 5.73 Å². The van der Waals surface area contributed by atoms with Gasteiger partial charge in [-0.2, -0.15) is 0 Å². The van der Waals surface area contributed by atoms with E-state index in [1.807, 2.05) is 6.92 Å². The summed E-state index contributed by atoms with van der Waals surface area (Å²) in [7, 11) is -3.09. The molecule has 1 fully saturated rings. The van der Waals surface area contributed by atoms with Gasteiger partial charge < -0.3 is 20.3 Å². The predicted molar refractivity (Wildman–Crippen MR) is 79.7 cm³/mol. The minimum Gasteiger partial charge on any atom is -0.397 e. The third kappa shape index (κ3) is 3.38. The van der Waals surface area contributed by atoms with E-state index >= 15 is 0 Å². The third-order valence-electron chi connectivity index (χ3n) is 3.73. The lowest BCUT2D eigenvalue weighted by molar-refractivity contribution is 0.0644. The van der Waals surface area contributed by atoms with Gasteiger partial charge in [0.05, 0.1) is 23.8 Å². The maximum Gasteiger partial charge on any atom is 0.270 e. The molecule has 0 aliphatic carbocycles. The van der Waals surface area contributed by atoms with Crippen LogP contribution in [0.25, 0.3) is 0 Å². The number of aryl methyl sites for hydroxylation is 1. The van der Waals surface area contributed by atoms with Crippen LogP contribution in [0.4, 0.5) is 5.69 Å². The number of sulfone groups is 1. The van der Waals surface area contributed by atoms with Gasteiger partial charge in [0.15, 0.2) is 9.84 Å². The summed E-state index contributed by atoms with van der Waals surface area (Å²) in [5.41, 5.74) is 6.64. The summed E-state index contributed by atoms with van der Waals surface area (Å²) in [4.78, 5) is 14.1. The fourth-order valence-electron chi connectivity index (χ4n) is 2.70. The molecular weight excluding hydrogens is 294 g/mol. The Kier molecular flexibility index (Phi) is 4.58. The molecule has 118 valence electrons. The van der Waals surface area contributed by atoms with Gasteiger partial charge in [-0.05, 0) is 19.4 Å². The first-order valence-electron chi connectivity index (χ1n) is 6.96. The molecule has 1 aromatic rings. The molecule has 0 spiro atoms. The number of hydrogen-bond acceptors (Lipinski definition) is 5. The highest BCUT2D eigenvalue weighted by molar-refractivity contribution is 7.91. The third-order valence-corrected chi connectivity index (χ3v) is 5.48. The number of hydrogen-bond donors (Lipinski definition) is 2. The fraction of sp³-hybridized carbons (Fsp3) is 0.615. The molecule has 2 rings (SSSR count). The number of anilines is 1. The zero-order valence-electron chi connectivity index (χ0n) is 12.0. The number of aromatic nitrogens is 1. The smallest absolute Gasteiger partial charge is 0.270 e. The van der Waals surface area contributed by atoms with E-state index in [0.717, 1.165) is 0 Å². The zero-order valence-corrected chi connectivity index (χ0v) is 12.8. The van der Waals surface area contributed by atoms with Crippen molar-refractivity contribution in [1.82, 2.24) is 9.47 Å². The Hall–Kier alpha value is -1.54. The van der Waals surface area contributed by atoms with Crippen LogP contribution in [0.2, 0.25) is 0 Å². The summed E-state index contributed by atoms with van der Waals surface area (Å²) in [6, 6.07) is 1.20. The lowest BCUT2D eigenvalue weighted by Gasteiger charge is -2.27. The van der Waals surface area contributed by atoms with Gasteiger partial charge in [-0.3, -0.25) is 4.79 Å². The highest BCUT2D eigenvalue weighted by Crippen LogP contribution is 2.21. The van der Waals surface area contributed by atoms with Crippen LogP contribution in [-0.4, -0.2) is 59.6 Å². The number of carbonyl (C=O) groups excluding carboxylic acids is 1. The number of aliphatic hydroxyl groups excluding tert-OH is 1. The molecule has 1 unspecified atom stereocenters. The number of rotatable bonds is 5. The number of nitrogen functional groups attached to an aromatic ring is 1. The topological polar surface area (TPSA) is 106 Å². The molecule has 2 heterocycles. The summed E-state index contributed by atoms with van der Waals surface area (Å²) in [6.07, 6.45) is 2.09. The van der Waals surface area contributed by atoms with Crippen molar-refractivity contribution in [2.24, 2.45) is 0 Å². The minimum atomic E-state index is -3.09. The second-order valence-electron chi connectivity index (χ2n) is 5.22. The zero-order chi connectivity index (χ0) is 15.6. The van der Waals surface area contributed by atoms with Crippen molar-refractivity contribution in [3.8, 4) is 0 Å². The van der Waals surface area contributed by atoms with Crippen LogP contribution in [0.15, 0.2) is 12.3 Å². The maximum atomic E-state index is 12.7. The molecule has 1 aliphatic heterocycles. The Bertz CT molecular complexity index is 623. The van der Waals surface area contributed by atoms with Crippen molar-refractivity contribution in [3.63, 3.8) is 0 Å². The van der Waals surface area contributed by atoms with Gasteiger partial charge >= 0.3 is 0 Å². The van der Waals surface area contributed by atoms with Crippen molar-refractivity contribution in [2.45, 2.75) is 25.9 Å². The predicted octanol–water partition coefficient (Wildman–Crippen LogP) is -0.288. The monoisotopic (exact) mass is 315 g/mol. The van der Waals surface area contributed by atoms with E-state index in [2.05, 4.69) is 0 Å². The number of nitrogens with two attached hydrogens (primary N) is 1. The van der Waals surface area contributed by atoms with Crippen molar-refractivity contribution < 1.29 is 18.3 Å². The molecule has 0 aromatic carbocycles. The van der Waals surface area contributed by atoms with E-state index in [1.54, 1.807) is 16.8 Å². The van der Waals surface area contributed by atoms with Crippen molar-refractivity contribution in [3.05, 3.63) is 18.0 Å². The first kappa shape index (κ1) is 15.8. The van der Waals surface area contributed by atoms with E-state index in [1.165, 1.54) is 4.90 Å². The Morgan fingerprint density at radius 3 is 2.81 bits per heavy atom. The summed E-state index contributed by atoms with van der Waals surface area (Å²) in [6.45, 7) is 2.40. The Labute approximate surface area is 124 Å². The molecule has 0 bridgehead atoms. The highest BCUT2D eigenvalue weighted by Gasteiger charge is 2.35. The number of nitrogens with zero attached hydrogens (tertiary/aromatic N) is 2. The summed E-state index contributed by atoms with van der Waals surface area (Å²) in [5, 5.41) is 9.18. The lowest BCUT2D eigenvalue weighted by Crippen LogP contribution is -2.43. The second-order valence-corrected chi connectivity index (χ2v) is 7.45. The first-order chi connectivity index (χ1) is 9.88. The molecule has 21 heavy (non-hydrogen) atoms. The molecule has 1 atom stereocenters. The van der Waals surface area contributed by atoms with Crippen LogP contribution in [0, 0.1) is 0 Å². The molecule has 0 saturated carbocycles. The maximum absolute atomic E-state index is 12.7. The van der Waals surface area contributed by atoms with Crippen LogP contribution in [0.1, 0.15) is 23.8 Å². The van der Waals surface area contributed by atoms with E-state index < -0.39 is 9.84 Å². The van der Waals surface area contributed by atoms with E-state index in [0.29, 0.717) is 24.3 Å². The van der Waals surface area contributed by atoms with Gasteiger partial charge in [0, 0.05) is 25.3 Å². The molecule has 3 N–H and O–H groups in total. The highest BCUT2D eigenvalue weighted by atomic mass is 32.2. The van der Waals surface area contributed by atoms with Crippen molar-refractivity contribution in [2.75, 3.05) is 30.4 Å². The quantitative estimate of drug-likeness (QED) is 0.777. The molecular formula is C13H21N3O4S. The van der Waals surface area contributed by atoms with Crippen LogP contribution in [-0.2, 0) is 16.4 Å². The molecule has 7 nitrogen and oxygen atoms in total.